The van der Waals surface area contributed by atoms with E-state index in [0.717, 1.165) is 15.6 Å². The molecule has 0 aliphatic carbocycles. The summed E-state index contributed by atoms with van der Waals surface area (Å²) in [6.45, 7) is 1.34. The van der Waals surface area contributed by atoms with E-state index in [9.17, 15) is 14.7 Å². The van der Waals surface area contributed by atoms with Gasteiger partial charge in [-0.1, -0.05) is 47.6 Å². The van der Waals surface area contributed by atoms with E-state index in [2.05, 4.69) is 21.2 Å². The van der Waals surface area contributed by atoms with Crippen molar-refractivity contribution in [3.63, 3.8) is 0 Å². The molecular weight excluding hydrogens is 388 g/mol. The number of hydroxylamine groups is 1. The standard InChI is InChI=1S/C17H17BrN2O4.CH4/c1-10(21)15(17(23)20-24)19-16(22)13-4-2-11(3-5-13)12-6-8-14(18)9-7-12;/h2-10,15,21,24H,1H3,(H,19,22)(H,20,23);1H4/t10-,15+;/m1./s1. The van der Waals surface area contributed by atoms with Crippen LogP contribution in [0.1, 0.15) is 24.7 Å². The molecule has 0 aliphatic heterocycles. The van der Waals surface area contributed by atoms with Crippen molar-refractivity contribution in [1.82, 2.24) is 10.8 Å². The summed E-state index contributed by atoms with van der Waals surface area (Å²) in [5.74, 6) is -1.41. The zero-order valence-corrected chi connectivity index (χ0v) is 14.4. The summed E-state index contributed by atoms with van der Waals surface area (Å²) in [4.78, 5) is 23.6. The maximum absolute atomic E-state index is 12.2. The minimum Gasteiger partial charge on any atom is -0.391 e. The number of hydrogen-bond acceptors (Lipinski definition) is 4. The molecule has 2 rings (SSSR count). The molecule has 0 saturated carbocycles. The number of aliphatic hydroxyl groups excluding tert-OH is 1. The Labute approximate surface area is 155 Å². The molecule has 0 aromatic heterocycles. The summed E-state index contributed by atoms with van der Waals surface area (Å²) >= 11 is 3.38. The van der Waals surface area contributed by atoms with Crippen LogP contribution in [0.5, 0.6) is 0 Å². The van der Waals surface area contributed by atoms with E-state index in [-0.39, 0.29) is 7.43 Å². The lowest BCUT2D eigenvalue weighted by molar-refractivity contribution is -0.133. The minimum atomic E-state index is -1.24. The number of benzene rings is 2. The fourth-order valence-electron chi connectivity index (χ4n) is 2.16. The van der Waals surface area contributed by atoms with Gasteiger partial charge in [-0.2, -0.15) is 0 Å². The van der Waals surface area contributed by atoms with E-state index >= 15 is 0 Å². The summed E-state index contributed by atoms with van der Waals surface area (Å²) < 4.78 is 0.980. The van der Waals surface area contributed by atoms with Crippen molar-refractivity contribution in [1.29, 1.82) is 0 Å². The van der Waals surface area contributed by atoms with Crippen LogP contribution in [-0.2, 0) is 4.79 Å². The molecule has 2 aromatic rings. The molecule has 0 unspecified atom stereocenters. The Morgan fingerprint density at radius 3 is 1.92 bits per heavy atom. The van der Waals surface area contributed by atoms with E-state index in [1.165, 1.54) is 12.4 Å². The second kappa shape index (κ2) is 9.31. The molecule has 4 N–H and O–H groups in total. The average Bonchev–Trinajstić information content (AvgIpc) is 2.59. The Kier molecular flexibility index (Phi) is 7.76. The van der Waals surface area contributed by atoms with Crippen LogP contribution in [0.3, 0.4) is 0 Å². The number of aliphatic hydroxyl groups is 1. The molecule has 134 valence electrons. The predicted octanol–water partition coefficient (Wildman–Crippen LogP) is 2.74. The normalized spacial score (nSPS) is 12.5. The van der Waals surface area contributed by atoms with Gasteiger partial charge < -0.3 is 10.4 Å². The largest absolute Gasteiger partial charge is 0.391 e. The molecule has 0 bridgehead atoms. The number of halogens is 1. The molecule has 6 nitrogen and oxygen atoms in total. The van der Waals surface area contributed by atoms with Crippen molar-refractivity contribution < 1.29 is 19.9 Å². The lowest BCUT2D eigenvalue weighted by Crippen LogP contribution is -2.51. The summed E-state index contributed by atoms with van der Waals surface area (Å²) in [5.41, 5.74) is 3.71. The third-order valence-corrected chi connectivity index (χ3v) is 4.01. The van der Waals surface area contributed by atoms with Crippen molar-refractivity contribution in [3.05, 3.63) is 58.6 Å². The van der Waals surface area contributed by atoms with Crippen molar-refractivity contribution in [2.24, 2.45) is 0 Å². The van der Waals surface area contributed by atoms with Crippen LogP contribution < -0.4 is 10.8 Å². The Morgan fingerprint density at radius 1 is 1.00 bits per heavy atom. The van der Waals surface area contributed by atoms with Crippen molar-refractivity contribution in [2.45, 2.75) is 26.5 Å². The smallest absolute Gasteiger partial charge is 0.268 e. The van der Waals surface area contributed by atoms with Crippen LogP contribution in [0.4, 0.5) is 0 Å². The second-order valence-corrected chi connectivity index (χ2v) is 6.17. The molecule has 2 aromatic carbocycles. The van der Waals surface area contributed by atoms with Crippen molar-refractivity contribution in [2.75, 3.05) is 0 Å². The van der Waals surface area contributed by atoms with Crippen molar-refractivity contribution >= 4 is 27.7 Å². The van der Waals surface area contributed by atoms with Crippen LogP contribution in [0.25, 0.3) is 11.1 Å². The molecular formula is C18H21BrN2O4. The molecule has 0 radical (unpaired) electrons. The topological polar surface area (TPSA) is 98.7 Å². The second-order valence-electron chi connectivity index (χ2n) is 5.25. The molecule has 0 saturated heterocycles. The fourth-order valence-corrected chi connectivity index (χ4v) is 2.42. The van der Waals surface area contributed by atoms with Gasteiger partial charge in [0, 0.05) is 10.0 Å². The van der Waals surface area contributed by atoms with Gasteiger partial charge in [-0.05, 0) is 42.3 Å². The molecule has 7 heteroatoms. The Balaban J connectivity index is 0.00000312. The van der Waals surface area contributed by atoms with Gasteiger partial charge in [0.2, 0.25) is 0 Å². The fraction of sp³-hybridized carbons (Fsp3) is 0.222. The van der Waals surface area contributed by atoms with Crippen LogP contribution in [-0.4, -0.2) is 34.3 Å². The number of rotatable bonds is 5. The van der Waals surface area contributed by atoms with Gasteiger partial charge in [0.05, 0.1) is 6.10 Å². The number of nitrogens with one attached hydrogen (secondary N) is 2. The molecule has 25 heavy (non-hydrogen) atoms. The SMILES string of the molecule is C.C[C@@H](O)[C@H](NC(=O)c1ccc(-c2ccc(Br)cc2)cc1)C(=O)NO. The highest BCUT2D eigenvalue weighted by Gasteiger charge is 2.25. The molecule has 0 aliphatic rings. The summed E-state index contributed by atoms with van der Waals surface area (Å²) in [6.07, 6.45) is -1.15. The zero-order valence-electron chi connectivity index (χ0n) is 12.9. The van der Waals surface area contributed by atoms with E-state index < -0.39 is 24.0 Å². The highest BCUT2D eigenvalue weighted by Crippen LogP contribution is 2.22. The Bertz CT molecular complexity index is 715. The van der Waals surface area contributed by atoms with Gasteiger partial charge >= 0.3 is 0 Å². The van der Waals surface area contributed by atoms with E-state index in [1.807, 2.05) is 24.3 Å². The van der Waals surface area contributed by atoms with Gasteiger partial charge in [0.1, 0.15) is 6.04 Å². The third kappa shape index (κ3) is 5.38. The third-order valence-electron chi connectivity index (χ3n) is 3.49. The van der Waals surface area contributed by atoms with Crippen LogP contribution in [0.15, 0.2) is 53.0 Å². The monoisotopic (exact) mass is 408 g/mol. The molecule has 0 heterocycles. The van der Waals surface area contributed by atoms with E-state index in [4.69, 9.17) is 5.21 Å². The molecule has 0 spiro atoms. The molecule has 2 amide bonds. The van der Waals surface area contributed by atoms with Crippen LogP contribution >= 0.6 is 15.9 Å². The number of carbonyl (C=O) groups is 2. The Morgan fingerprint density at radius 2 is 1.48 bits per heavy atom. The first kappa shape index (κ1) is 20.8. The van der Waals surface area contributed by atoms with E-state index in [0.29, 0.717) is 5.56 Å². The quantitative estimate of drug-likeness (QED) is 0.451. The summed E-state index contributed by atoms with van der Waals surface area (Å²) in [7, 11) is 0. The van der Waals surface area contributed by atoms with Gasteiger partial charge in [-0.15, -0.1) is 0 Å². The predicted molar refractivity (Wildman–Crippen MR) is 99.2 cm³/mol. The first-order chi connectivity index (χ1) is 11.4. The number of amides is 2. The minimum absolute atomic E-state index is 0. The number of hydrogen-bond donors (Lipinski definition) is 4. The average molecular weight is 409 g/mol. The molecule has 0 fully saturated rings. The lowest BCUT2D eigenvalue weighted by atomic mass is 10.0. The van der Waals surface area contributed by atoms with Crippen molar-refractivity contribution in [3.8, 4) is 11.1 Å². The molecule has 2 atom stereocenters. The number of carbonyl (C=O) groups excluding carboxylic acids is 2. The Hall–Kier alpha value is -2.22. The van der Waals surface area contributed by atoms with E-state index in [1.54, 1.807) is 24.3 Å². The summed E-state index contributed by atoms with van der Waals surface area (Å²) in [6, 6.07) is 13.4. The first-order valence-electron chi connectivity index (χ1n) is 7.21. The highest BCUT2D eigenvalue weighted by molar-refractivity contribution is 9.10. The van der Waals surface area contributed by atoms with Crippen LogP contribution in [0.2, 0.25) is 0 Å². The van der Waals surface area contributed by atoms with Crippen LogP contribution in [0, 0.1) is 0 Å². The lowest BCUT2D eigenvalue weighted by Gasteiger charge is -2.19. The van der Waals surface area contributed by atoms with Gasteiger partial charge in [0.15, 0.2) is 0 Å². The van der Waals surface area contributed by atoms with Gasteiger partial charge in [-0.3, -0.25) is 14.8 Å². The maximum atomic E-state index is 12.2. The maximum Gasteiger partial charge on any atom is 0.268 e. The first-order valence-corrected chi connectivity index (χ1v) is 8.00. The summed E-state index contributed by atoms with van der Waals surface area (Å²) in [5, 5.41) is 20.6. The zero-order chi connectivity index (χ0) is 17.7. The van der Waals surface area contributed by atoms with Gasteiger partial charge in [0.25, 0.3) is 11.8 Å². The highest BCUT2D eigenvalue weighted by atomic mass is 79.9. The van der Waals surface area contributed by atoms with Gasteiger partial charge in [-0.25, -0.2) is 5.48 Å².